The van der Waals surface area contributed by atoms with E-state index < -0.39 is 10.0 Å². The lowest BCUT2D eigenvalue weighted by Crippen LogP contribution is -2.50. The summed E-state index contributed by atoms with van der Waals surface area (Å²) in [6.45, 7) is 3.65. The van der Waals surface area contributed by atoms with Gasteiger partial charge in [0.15, 0.2) is 0 Å². The number of sulfonamides is 1. The van der Waals surface area contributed by atoms with E-state index in [-0.39, 0.29) is 23.3 Å². The first-order valence-electron chi connectivity index (χ1n) is 6.50. The first-order chi connectivity index (χ1) is 9.44. The van der Waals surface area contributed by atoms with Gasteiger partial charge in [-0.25, -0.2) is 13.1 Å². The van der Waals surface area contributed by atoms with E-state index in [0.29, 0.717) is 22.7 Å². The van der Waals surface area contributed by atoms with E-state index >= 15 is 0 Å². The van der Waals surface area contributed by atoms with E-state index in [4.69, 9.17) is 4.74 Å². The maximum Gasteiger partial charge on any atom is 0.242 e. The average Bonchev–Trinajstić information content (AvgIpc) is 2.41. The minimum absolute atomic E-state index is 0. The van der Waals surface area contributed by atoms with Gasteiger partial charge < -0.3 is 10.1 Å². The van der Waals surface area contributed by atoms with Crippen molar-refractivity contribution in [3.05, 3.63) is 22.7 Å². The van der Waals surface area contributed by atoms with Crippen molar-refractivity contribution >= 4 is 38.4 Å². The predicted octanol–water partition coefficient (Wildman–Crippen LogP) is 2.16. The Kier molecular flexibility index (Phi) is 6.93. The second-order valence-corrected chi connectivity index (χ2v) is 7.53. The number of halogens is 2. The van der Waals surface area contributed by atoms with E-state index in [9.17, 15) is 8.42 Å². The molecule has 0 spiro atoms. The summed E-state index contributed by atoms with van der Waals surface area (Å²) in [6, 6.07) is 4.82. The highest BCUT2D eigenvalue weighted by Gasteiger charge is 2.28. The van der Waals surface area contributed by atoms with Crippen molar-refractivity contribution in [1.82, 2.24) is 10.0 Å². The highest BCUT2D eigenvalue weighted by atomic mass is 79.9. The molecule has 2 rings (SSSR count). The minimum Gasteiger partial charge on any atom is -0.497 e. The molecule has 2 unspecified atom stereocenters. The van der Waals surface area contributed by atoms with Gasteiger partial charge in [-0.05, 0) is 46.9 Å². The number of methoxy groups -OCH3 is 1. The van der Waals surface area contributed by atoms with E-state index in [1.807, 2.05) is 0 Å². The van der Waals surface area contributed by atoms with Crippen LogP contribution < -0.4 is 14.8 Å². The third kappa shape index (κ3) is 4.56. The van der Waals surface area contributed by atoms with Gasteiger partial charge in [-0.2, -0.15) is 0 Å². The molecule has 0 aliphatic carbocycles. The third-order valence-corrected chi connectivity index (χ3v) is 6.05. The summed E-state index contributed by atoms with van der Waals surface area (Å²) < 4.78 is 33.4. The molecule has 2 atom stereocenters. The Morgan fingerprint density at radius 1 is 1.43 bits per heavy atom. The normalized spacial score (nSPS) is 22.4. The molecule has 1 aliphatic rings. The molecule has 1 fully saturated rings. The molecule has 0 saturated carbocycles. The number of hydrogen-bond acceptors (Lipinski definition) is 4. The standard InChI is InChI=1S/C13H19BrN2O3S.ClH/c1-9-5-6-15-8-12(9)16-20(17,18)13-7-10(19-2)3-4-11(13)14;/h3-4,7,9,12,15-16H,5-6,8H2,1-2H3;1H. The number of benzene rings is 1. The fraction of sp³-hybridized carbons (Fsp3) is 0.538. The highest BCUT2D eigenvalue weighted by molar-refractivity contribution is 9.10. The molecular formula is C13H20BrClN2O3S. The van der Waals surface area contributed by atoms with Crippen LogP contribution in [0.2, 0.25) is 0 Å². The monoisotopic (exact) mass is 398 g/mol. The molecule has 8 heteroatoms. The van der Waals surface area contributed by atoms with Crippen LogP contribution in [0.5, 0.6) is 5.75 Å². The molecule has 0 radical (unpaired) electrons. The zero-order chi connectivity index (χ0) is 14.8. The Bertz CT molecular complexity index is 583. The fourth-order valence-electron chi connectivity index (χ4n) is 2.23. The Balaban J connectivity index is 0.00000220. The van der Waals surface area contributed by atoms with Crippen LogP contribution >= 0.6 is 28.3 Å². The summed E-state index contributed by atoms with van der Waals surface area (Å²) in [5, 5.41) is 3.21. The molecule has 1 aromatic rings. The van der Waals surface area contributed by atoms with Gasteiger partial charge in [-0.3, -0.25) is 0 Å². The van der Waals surface area contributed by atoms with E-state index in [0.717, 1.165) is 13.0 Å². The molecule has 2 N–H and O–H groups in total. The van der Waals surface area contributed by atoms with Crippen molar-refractivity contribution in [2.45, 2.75) is 24.3 Å². The number of hydrogen-bond donors (Lipinski definition) is 2. The van der Waals surface area contributed by atoms with Crippen molar-refractivity contribution in [3.63, 3.8) is 0 Å². The van der Waals surface area contributed by atoms with Crippen molar-refractivity contribution in [2.24, 2.45) is 5.92 Å². The van der Waals surface area contributed by atoms with Crippen molar-refractivity contribution in [3.8, 4) is 5.75 Å². The van der Waals surface area contributed by atoms with Gasteiger partial charge in [-0.1, -0.05) is 6.92 Å². The minimum atomic E-state index is -3.57. The SMILES string of the molecule is COc1ccc(Br)c(S(=O)(=O)NC2CNCCC2C)c1.Cl. The summed E-state index contributed by atoms with van der Waals surface area (Å²) in [5.74, 6) is 0.832. The lowest BCUT2D eigenvalue weighted by Gasteiger charge is -2.30. The van der Waals surface area contributed by atoms with Gasteiger partial charge in [0.25, 0.3) is 0 Å². The summed E-state index contributed by atoms with van der Waals surface area (Å²) in [7, 11) is -2.06. The third-order valence-electron chi connectivity index (χ3n) is 3.56. The molecule has 1 aromatic carbocycles. The summed E-state index contributed by atoms with van der Waals surface area (Å²) in [6.07, 6.45) is 0.965. The zero-order valence-electron chi connectivity index (χ0n) is 11.9. The number of piperidine rings is 1. The molecular weight excluding hydrogens is 380 g/mol. The van der Waals surface area contributed by atoms with Crippen LogP contribution in [0.4, 0.5) is 0 Å². The Morgan fingerprint density at radius 2 is 2.14 bits per heavy atom. The van der Waals surface area contributed by atoms with Crippen LogP contribution in [0.15, 0.2) is 27.6 Å². The first kappa shape index (κ1) is 18.7. The van der Waals surface area contributed by atoms with E-state index in [2.05, 4.69) is 32.9 Å². The van der Waals surface area contributed by atoms with Gasteiger partial charge in [0.05, 0.1) is 12.0 Å². The van der Waals surface area contributed by atoms with Gasteiger partial charge in [0, 0.05) is 23.1 Å². The van der Waals surface area contributed by atoms with Gasteiger partial charge in [0.1, 0.15) is 5.75 Å². The highest BCUT2D eigenvalue weighted by Crippen LogP contribution is 2.27. The molecule has 0 bridgehead atoms. The van der Waals surface area contributed by atoms with Crippen LogP contribution in [-0.4, -0.2) is 34.7 Å². The topological polar surface area (TPSA) is 67.4 Å². The van der Waals surface area contributed by atoms with Crippen LogP contribution in [0.3, 0.4) is 0 Å². The van der Waals surface area contributed by atoms with Crippen LogP contribution in [0.25, 0.3) is 0 Å². The largest absolute Gasteiger partial charge is 0.497 e. The smallest absolute Gasteiger partial charge is 0.242 e. The second-order valence-electron chi connectivity index (χ2n) is 4.99. The molecule has 1 saturated heterocycles. The van der Waals surface area contributed by atoms with Crippen LogP contribution in [0, 0.1) is 5.92 Å². The number of nitrogens with one attached hydrogen (secondary N) is 2. The molecule has 0 amide bonds. The number of rotatable bonds is 4. The predicted molar refractivity (Wildman–Crippen MR) is 88.7 cm³/mol. The Morgan fingerprint density at radius 3 is 2.76 bits per heavy atom. The van der Waals surface area contributed by atoms with Gasteiger partial charge in [-0.15, -0.1) is 12.4 Å². The molecule has 1 heterocycles. The first-order valence-corrected chi connectivity index (χ1v) is 8.78. The van der Waals surface area contributed by atoms with Crippen molar-refractivity contribution in [1.29, 1.82) is 0 Å². The van der Waals surface area contributed by atoms with Crippen molar-refractivity contribution in [2.75, 3.05) is 20.2 Å². The maximum absolute atomic E-state index is 12.5. The molecule has 0 aromatic heterocycles. The summed E-state index contributed by atoms with van der Waals surface area (Å²) >= 11 is 3.29. The zero-order valence-corrected chi connectivity index (χ0v) is 15.1. The molecule has 1 aliphatic heterocycles. The molecule has 21 heavy (non-hydrogen) atoms. The summed E-state index contributed by atoms with van der Waals surface area (Å²) in [5.41, 5.74) is 0. The Labute approximate surface area is 140 Å². The molecule has 5 nitrogen and oxygen atoms in total. The fourth-order valence-corrected chi connectivity index (χ4v) is 4.55. The van der Waals surface area contributed by atoms with E-state index in [1.165, 1.54) is 13.2 Å². The van der Waals surface area contributed by atoms with Gasteiger partial charge in [0.2, 0.25) is 10.0 Å². The maximum atomic E-state index is 12.5. The second kappa shape index (κ2) is 7.78. The van der Waals surface area contributed by atoms with Crippen molar-refractivity contribution < 1.29 is 13.2 Å². The molecule has 120 valence electrons. The summed E-state index contributed by atoms with van der Waals surface area (Å²) in [4.78, 5) is 0.203. The Hall–Kier alpha value is -0.340. The quantitative estimate of drug-likeness (QED) is 0.814. The van der Waals surface area contributed by atoms with Gasteiger partial charge >= 0.3 is 0 Å². The lowest BCUT2D eigenvalue weighted by molar-refractivity contribution is 0.327. The average molecular weight is 400 g/mol. The van der Waals surface area contributed by atoms with Crippen LogP contribution in [0.1, 0.15) is 13.3 Å². The van der Waals surface area contributed by atoms with Crippen LogP contribution in [-0.2, 0) is 10.0 Å². The lowest BCUT2D eigenvalue weighted by atomic mass is 9.96. The van der Waals surface area contributed by atoms with E-state index in [1.54, 1.807) is 12.1 Å². The number of ether oxygens (including phenoxy) is 1.